The highest BCUT2D eigenvalue weighted by Gasteiger charge is 2.27. The van der Waals surface area contributed by atoms with Gasteiger partial charge in [0.05, 0.1) is 30.4 Å². The van der Waals surface area contributed by atoms with E-state index in [1.54, 1.807) is 0 Å². The number of fused-ring (bicyclic) bond motifs is 2. The minimum atomic E-state index is -1.12. The van der Waals surface area contributed by atoms with Gasteiger partial charge in [-0.25, -0.2) is 0 Å². The van der Waals surface area contributed by atoms with Gasteiger partial charge in [-0.05, 0) is 16.3 Å². The molecule has 0 saturated heterocycles. The Morgan fingerprint density at radius 3 is 1.56 bits per heavy atom. The molecule has 0 saturated carbocycles. The SMILES string of the molecule is Cl.OCC(CO)(CO)NCc1c2ccccc2c(Cl)c2ccccc12. The Kier molecular flexibility index (Phi) is 6.63. The minimum absolute atomic E-state index is 0. The predicted octanol–water partition coefficient (Wildman–Crippen LogP) is 2.87. The molecule has 3 aromatic rings. The van der Waals surface area contributed by atoms with E-state index in [1.165, 1.54) is 0 Å². The molecular formula is C19H21Cl2NO3. The quantitative estimate of drug-likeness (QED) is 0.495. The summed E-state index contributed by atoms with van der Waals surface area (Å²) in [6.07, 6.45) is 0. The minimum Gasteiger partial charge on any atom is -0.394 e. The lowest BCUT2D eigenvalue weighted by molar-refractivity contribution is 0.0415. The number of hydrogen-bond acceptors (Lipinski definition) is 4. The average Bonchev–Trinajstić information content (AvgIpc) is 2.65. The van der Waals surface area contributed by atoms with E-state index in [4.69, 9.17) is 11.6 Å². The molecule has 0 aliphatic heterocycles. The summed E-state index contributed by atoms with van der Waals surface area (Å²) in [5.74, 6) is 0. The van der Waals surface area contributed by atoms with Crippen LogP contribution in [0.3, 0.4) is 0 Å². The van der Waals surface area contributed by atoms with Crippen LogP contribution < -0.4 is 5.32 Å². The molecule has 134 valence electrons. The molecule has 4 nitrogen and oxygen atoms in total. The van der Waals surface area contributed by atoms with E-state index in [9.17, 15) is 15.3 Å². The molecule has 0 bridgehead atoms. The van der Waals surface area contributed by atoms with Gasteiger partial charge in [-0.2, -0.15) is 0 Å². The number of benzene rings is 3. The van der Waals surface area contributed by atoms with Crippen LogP contribution in [0.2, 0.25) is 5.02 Å². The summed E-state index contributed by atoms with van der Waals surface area (Å²) in [4.78, 5) is 0. The monoisotopic (exact) mass is 381 g/mol. The van der Waals surface area contributed by atoms with Gasteiger partial charge in [0.2, 0.25) is 0 Å². The summed E-state index contributed by atoms with van der Waals surface area (Å²) < 4.78 is 0. The van der Waals surface area contributed by atoms with E-state index >= 15 is 0 Å². The molecule has 3 rings (SSSR count). The van der Waals surface area contributed by atoms with Gasteiger partial charge in [-0.15, -0.1) is 12.4 Å². The number of nitrogens with one attached hydrogen (secondary N) is 1. The number of rotatable bonds is 6. The third kappa shape index (κ3) is 3.60. The second-order valence-corrected chi connectivity index (χ2v) is 6.37. The van der Waals surface area contributed by atoms with Gasteiger partial charge < -0.3 is 20.6 Å². The van der Waals surface area contributed by atoms with E-state index < -0.39 is 5.54 Å². The fourth-order valence-electron chi connectivity index (χ4n) is 2.95. The number of halogens is 2. The third-order valence-electron chi connectivity index (χ3n) is 4.53. The molecule has 3 aromatic carbocycles. The van der Waals surface area contributed by atoms with Crippen LogP contribution >= 0.6 is 24.0 Å². The summed E-state index contributed by atoms with van der Waals surface area (Å²) in [7, 11) is 0. The van der Waals surface area contributed by atoms with Crippen LogP contribution in [0.4, 0.5) is 0 Å². The second kappa shape index (κ2) is 8.32. The summed E-state index contributed by atoms with van der Waals surface area (Å²) >= 11 is 6.58. The zero-order valence-corrected chi connectivity index (χ0v) is 15.1. The largest absolute Gasteiger partial charge is 0.394 e. The van der Waals surface area contributed by atoms with Gasteiger partial charge in [-0.1, -0.05) is 60.1 Å². The molecule has 0 aromatic heterocycles. The molecule has 0 aliphatic rings. The van der Waals surface area contributed by atoms with Crippen molar-refractivity contribution >= 4 is 45.6 Å². The molecule has 25 heavy (non-hydrogen) atoms. The Morgan fingerprint density at radius 1 is 0.760 bits per heavy atom. The van der Waals surface area contributed by atoms with Gasteiger partial charge in [0, 0.05) is 17.3 Å². The van der Waals surface area contributed by atoms with Crippen molar-refractivity contribution in [1.82, 2.24) is 5.32 Å². The lowest BCUT2D eigenvalue weighted by atomic mass is 9.95. The standard InChI is InChI=1S/C19H20ClNO3.ClH/c20-18-15-7-3-1-5-13(15)17(14-6-2-4-8-16(14)18)9-21-19(10-22,11-23)12-24;/h1-8,21-24H,9-12H2;1H. The van der Waals surface area contributed by atoms with Gasteiger partial charge in [-0.3, -0.25) is 0 Å². The summed E-state index contributed by atoms with van der Waals surface area (Å²) in [6, 6.07) is 15.8. The van der Waals surface area contributed by atoms with Crippen molar-refractivity contribution in [3.05, 3.63) is 59.1 Å². The molecule has 0 spiro atoms. The number of aliphatic hydroxyl groups excluding tert-OH is 3. The van der Waals surface area contributed by atoms with E-state index in [0.717, 1.165) is 27.1 Å². The predicted molar refractivity (Wildman–Crippen MR) is 105 cm³/mol. The first-order valence-corrected chi connectivity index (χ1v) is 8.19. The van der Waals surface area contributed by atoms with Crippen LogP contribution in [0.25, 0.3) is 21.5 Å². The van der Waals surface area contributed by atoms with E-state index in [-0.39, 0.29) is 32.2 Å². The fraction of sp³-hybridized carbons (Fsp3) is 0.263. The van der Waals surface area contributed by atoms with E-state index in [2.05, 4.69) is 5.32 Å². The van der Waals surface area contributed by atoms with Crippen LogP contribution in [-0.4, -0.2) is 40.7 Å². The number of aliphatic hydroxyl groups is 3. The van der Waals surface area contributed by atoms with Crippen molar-refractivity contribution in [1.29, 1.82) is 0 Å². The third-order valence-corrected chi connectivity index (χ3v) is 4.93. The maximum absolute atomic E-state index is 9.52. The zero-order valence-electron chi connectivity index (χ0n) is 13.6. The van der Waals surface area contributed by atoms with E-state index in [1.807, 2.05) is 48.5 Å². The highest BCUT2D eigenvalue weighted by molar-refractivity contribution is 6.41. The second-order valence-electron chi connectivity index (χ2n) is 5.99. The lowest BCUT2D eigenvalue weighted by Gasteiger charge is -2.29. The first-order chi connectivity index (χ1) is 11.7. The molecule has 0 radical (unpaired) electrons. The average molecular weight is 382 g/mol. The van der Waals surface area contributed by atoms with Crippen molar-refractivity contribution in [2.45, 2.75) is 12.1 Å². The van der Waals surface area contributed by atoms with Gasteiger partial charge >= 0.3 is 0 Å². The lowest BCUT2D eigenvalue weighted by Crippen LogP contribution is -2.54. The Labute approximate surface area is 157 Å². The molecule has 0 fully saturated rings. The summed E-state index contributed by atoms with van der Waals surface area (Å²) in [6.45, 7) is -0.684. The highest BCUT2D eigenvalue weighted by atomic mass is 35.5. The Hall–Kier alpha value is -1.40. The Balaban J connectivity index is 0.00000225. The number of hydrogen-bond donors (Lipinski definition) is 4. The van der Waals surface area contributed by atoms with Crippen LogP contribution in [0, 0.1) is 0 Å². The van der Waals surface area contributed by atoms with Crippen LogP contribution in [0.5, 0.6) is 0 Å². The Morgan fingerprint density at radius 2 is 1.16 bits per heavy atom. The van der Waals surface area contributed by atoms with E-state index in [0.29, 0.717) is 11.6 Å². The molecule has 0 heterocycles. The van der Waals surface area contributed by atoms with Gasteiger partial charge in [0.25, 0.3) is 0 Å². The van der Waals surface area contributed by atoms with Crippen LogP contribution in [0.1, 0.15) is 5.56 Å². The molecule has 0 atom stereocenters. The van der Waals surface area contributed by atoms with Crippen molar-refractivity contribution in [3.63, 3.8) is 0 Å². The van der Waals surface area contributed by atoms with Crippen molar-refractivity contribution in [2.24, 2.45) is 0 Å². The molecule has 0 amide bonds. The van der Waals surface area contributed by atoms with Crippen molar-refractivity contribution in [3.8, 4) is 0 Å². The first kappa shape index (κ1) is 19.9. The Bertz CT molecular complexity index is 801. The van der Waals surface area contributed by atoms with Crippen molar-refractivity contribution in [2.75, 3.05) is 19.8 Å². The maximum Gasteiger partial charge on any atom is 0.0884 e. The topological polar surface area (TPSA) is 72.7 Å². The van der Waals surface area contributed by atoms with Crippen LogP contribution in [0.15, 0.2) is 48.5 Å². The van der Waals surface area contributed by atoms with Gasteiger partial charge in [0.1, 0.15) is 0 Å². The first-order valence-electron chi connectivity index (χ1n) is 7.81. The molecule has 0 unspecified atom stereocenters. The maximum atomic E-state index is 9.52. The zero-order chi connectivity index (χ0) is 17.2. The molecule has 4 N–H and O–H groups in total. The normalized spacial score (nSPS) is 11.7. The smallest absolute Gasteiger partial charge is 0.0884 e. The molecule has 6 heteroatoms. The van der Waals surface area contributed by atoms with Crippen molar-refractivity contribution < 1.29 is 15.3 Å². The molecule has 0 aliphatic carbocycles. The van der Waals surface area contributed by atoms with Crippen LogP contribution in [-0.2, 0) is 6.54 Å². The fourth-order valence-corrected chi connectivity index (χ4v) is 3.28. The molecular weight excluding hydrogens is 361 g/mol. The summed E-state index contributed by atoms with van der Waals surface area (Å²) in [5, 5.41) is 36.3. The van der Waals surface area contributed by atoms with Gasteiger partial charge in [0.15, 0.2) is 0 Å². The highest BCUT2D eigenvalue weighted by Crippen LogP contribution is 2.36. The summed E-state index contributed by atoms with van der Waals surface area (Å²) in [5.41, 5.74) is -0.104.